The van der Waals surface area contributed by atoms with Crippen LogP contribution in [0, 0.1) is 5.41 Å². The van der Waals surface area contributed by atoms with Gasteiger partial charge in [-0.05, 0) is 6.07 Å². The highest BCUT2D eigenvalue weighted by Gasteiger charge is 2.25. The third-order valence-electron chi connectivity index (χ3n) is 2.16. The molecule has 0 saturated heterocycles. The SMILES string of the molecule is N=C(N)NC(=O)C1C=NOc2ccccc21. The number of guanidine groups is 1. The second-order valence-corrected chi connectivity index (χ2v) is 3.26. The Kier molecular flexibility index (Phi) is 2.55. The van der Waals surface area contributed by atoms with E-state index in [9.17, 15) is 4.79 Å². The number of carbonyl (C=O) groups is 1. The predicted octanol–water partition coefficient (Wildman–Crippen LogP) is 0.158. The number of amides is 1. The minimum Gasteiger partial charge on any atom is -0.370 e. The van der Waals surface area contributed by atoms with Crippen molar-refractivity contribution in [3.05, 3.63) is 29.8 Å². The number of hydrogen-bond donors (Lipinski definition) is 3. The van der Waals surface area contributed by atoms with Gasteiger partial charge in [-0.3, -0.25) is 15.5 Å². The maximum absolute atomic E-state index is 11.7. The average Bonchev–Trinajstić information content (AvgIpc) is 2.27. The third-order valence-corrected chi connectivity index (χ3v) is 2.16. The normalized spacial score (nSPS) is 17.1. The summed E-state index contributed by atoms with van der Waals surface area (Å²) in [4.78, 5) is 16.7. The van der Waals surface area contributed by atoms with Crippen LogP contribution in [-0.2, 0) is 4.79 Å². The first-order valence-electron chi connectivity index (χ1n) is 4.63. The van der Waals surface area contributed by atoms with E-state index in [0.29, 0.717) is 11.3 Å². The van der Waals surface area contributed by atoms with Crippen LogP contribution in [0.3, 0.4) is 0 Å². The molecule has 0 fully saturated rings. The van der Waals surface area contributed by atoms with E-state index in [1.54, 1.807) is 24.3 Å². The van der Waals surface area contributed by atoms with Crippen LogP contribution in [0.2, 0.25) is 0 Å². The van der Waals surface area contributed by atoms with Gasteiger partial charge in [-0.15, -0.1) is 0 Å². The summed E-state index contributed by atoms with van der Waals surface area (Å²) in [5, 5.41) is 12.9. The van der Waals surface area contributed by atoms with Crippen LogP contribution in [0.25, 0.3) is 0 Å². The van der Waals surface area contributed by atoms with E-state index in [2.05, 4.69) is 10.5 Å². The van der Waals surface area contributed by atoms with Gasteiger partial charge in [-0.25, -0.2) is 0 Å². The van der Waals surface area contributed by atoms with Crippen LogP contribution in [0.15, 0.2) is 29.4 Å². The first kappa shape index (κ1) is 10.2. The second kappa shape index (κ2) is 4.01. The smallest absolute Gasteiger partial charge is 0.239 e. The summed E-state index contributed by atoms with van der Waals surface area (Å²) < 4.78 is 0. The molecular formula is C10H10N4O2. The van der Waals surface area contributed by atoms with Gasteiger partial charge in [-0.2, -0.15) is 0 Å². The van der Waals surface area contributed by atoms with Crippen LogP contribution < -0.4 is 15.9 Å². The van der Waals surface area contributed by atoms with Crippen LogP contribution in [0.1, 0.15) is 11.5 Å². The van der Waals surface area contributed by atoms with Crippen LogP contribution in [0.5, 0.6) is 5.75 Å². The van der Waals surface area contributed by atoms with E-state index in [1.165, 1.54) is 6.21 Å². The van der Waals surface area contributed by atoms with E-state index in [4.69, 9.17) is 16.0 Å². The van der Waals surface area contributed by atoms with Crippen LogP contribution in [0.4, 0.5) is 0 Å². The fourth-order valence-corrected chi connectivity index (χ4v) is 1.47. The molecular weight excluding hydrogens is 208 g/mol. The second-order valence-electron chi connectivity index (χ2n) is 3.26. The van der Waals surface area contributed by atoms with Crippen molar-refractivity contribution in [2.24, 2.45) is 10.9 Å². The van der Waals surface area contributed by atoms with Gasteiger partial charge in [-0.1, -0.05) is 23.4 Å². The van der Waals surface area contributed by atoms with Gasteiger partial charge < -0.3 is 10.6 Å². The molecule has 1 aromatic carbocycles. The first-order chi connectivity index (χ1) is 7.68. The van der Waals surface area contributed by atoms with Crippen molar-refractivity contribution in [1.29, 1.82) is 5.41 Å². The minimum atomic E-state index is -0.575. The van der Waals surface area contributed by atoms with E-state index < -0.39 is 11.8 Å². The number of benzene rings is 1. The molecule has 1 aliphatic heterocycles. The standard InChI is InChI=1S/C10H10N4O2/c11-10(12)14-9(15)7-5-13-16-8-4-2-1-3-6(7)8/h1-5,7H,(H4,11,12,14,15). The van der Waals surface area contributed by atoms with E-state index in [0.717, 1.165) is 0 Å². The number of nitrogens with two attached hydrogens (primary N) is 1. The first-order valence-corrected chi connectivity index (χ1v) is 4.63. The molecule has 1 amide bonds. The molecule has 0 aliphatic carbocycles. The molecule has 0 radical (unpaired) electrons. The number of rotatable bonds is 1. The monoisotopic (exact) mass is 218 g/mol. The molecule has 16 heavy (non-hydrogen) atoms. The fourth-order valence-electron chi connectivity index (χ4n) is 1.47. The van der Waals surface area contributed by atoms with E-state index in [1.807, 2.05) is 0 Å². The van der Waals surface area contributed by atoms with Crippen molar-refractivity contribution in [2.45, 2.75) is 5.92 Å². The Morgan fingerprint density at radius 1 is 1.50 bits per heavy atom. The highest BCUT2D eigenvalue weighted by molar-refractivity contribution is 6.06. The molecule has 0 spiro atoms. The number of fused-ring (bicyclic) bond motifs is 1. The largest absolute Gasteiger partial charge is 0.370 e. The van der Waals surface area contributed by atoms with Crippen molar-refractivity contribution >= 4 is 18.1 Å². The van der Waals surface area contributed by atoms with Crippen molar-refractivity contribution in [3.8, 4) is 5.75 Å². The Bertz CT molecular complexity index is 470. The topological polar surface area (TPSA) is 101 Å². The van der Waals surface area contributed by atoms with Gasteiger partial charge >= 0.3 is 0 Å². The van der Waals surface area contributed by atoms with Crippen molar-refractivity contribution in [3.63, 3.8) is 0 Å². The molecule has 1 heterocycles. The van der Waals surface area contributed by atoms with Gasteiger partial charge in [0.2, 0.25) is 5.91 Å². The summed E-state index contributed by atoms with van der Waals surface area (Å²) in [7, 11) is 0. The Hall–Kier alpha value is -2.37. The van der Waals surface area contributed by atoms with Gasteiger partial charge in [0.1, 0.15) is 5.92 Å². The summed E-state index contributed by atoms with van der Waals surface area (Å²) in [5.41, 5.74) is 5.80. The third kappa shape index (κ3) is 1.85. The summed E-state index contributed by atoms with van der Waals surface area (Å²) in [6.45, 7) is 0. The zero-order chi connectivity index (χ0) is 11.5. The molecule has 0 aromatic heterocycles. The highest BCUT2D eigenvalue weighted by atomic mass is 16.6. The van der Waals surface area contributed by atoms with Crippen LogP contribution in [-0.4, -0.2) is 18.1 Å². The number of hydrogen-bond acceptors (Lipinski definition) is 4. The molecule has 6 heteroatoms. The molecule has 1 atom stereocenters. The van der Waals surface area contributed by atoms with Gasteiger partial charge in [0, 0.05) is 5.56 Å². The molecule has 82 valence electrons. The number of oxime groups is 1. The molecule has 0 bridgehead atoms. The molecule has 2 rings (SSSR count). The van der Waals surface area contributed by atoms with Gasteiger partial charge in [0.25, 0.3) is 0 Å². The predicted molar refractivity (Wildman–Crippen MR) is 58.4 cm³/mol. The van der Waals surface area contributed by atoms with Gasteiger partial charge in [0.15, 0.2) is 11.7 Å². The zero-order valence-corrected chi connectivity index (χ0v) is 8.31. The zero-order valence-electron chi connectivity index (χ0n) is 8.31. The molecule has 1 aliphatic rings. The summed E-state index contributed by atoms with van der Waals surface area (Å²) >= 11 is 0. The molecule has 6 nitrogen and oxygen atoms in total. The molecule has 4 N–H and O–H groups in total. The maximum atomic E-state index is 11.7. The van der Waals surface area contributed by atoms with Crippen LogP contribution >= 0.6 is 0 Å². The fraction of sp³-hybridized carbons (Fsp3) is 0.100. The average molecular weight is 218 g/mol. The van der Waals surface area contributed by atoms with E-state index >= 15 is 0 Å². The summed E-state index contributed by atoms with van der Waals surface area (Å²) in [6.07, 6.45) is 1.38. The lowest BCUT2D eigenvalue weighted by Gasteiger charge is -2.17. The van der Waals surface area contributed by atoms with Crippen molar-refractivity contribution < 1.29 is 9.63 Å². The number of nitrogens with zero attached hydrogens (tertiary/aromatic N) is 1. The summed E-state index contributed by atoms with van der Waals surface area (Å²) in [5.74, 6) is -0.822. The Morgan fingerprint density at radius 2 is 2.25 bits per heavy atom. The Morgan fingerprint density at radius 3 is 3.00 bits per heavy atom. The lowest BCUT2D eigenvalue weighted by molar-refractivity contribution is -0.119. The van der Waals surface area contributed by atoms with Crippen molar-refractivity contribution in [1.82, 2.24) is 5.32 Å². The van der Waals surface area contributed by atoms with Gasteiger partial charge in [0.05, 0.1) is 6.21 Å². The quantitative estimate of drug-likeness (QED) is 0.462. The number of carbonyl (C=O) groups excluding carboxylic acids is 1. The maximum Gasteiger partial charge on any atom is 0.239 e. The number of nitrogens with one attached hydrogen (secondary N) is 2. The Labute approximate surface area is 91.6 Å². The lowest BCUT2D eigenvalue weighted by Crippen LogP contribution is -2.39. The lowest BCUT2D eigenvalue weighted by atomic mass is 9.98. The highest BCUT2D eigenvalue weighted by Crippen LogP contribution is 2.28. The summed E-state index contributed by atoms with van der Waals surface area (Å²) in [6, 6.07) is 7.08. The molecule has 0 saturated carbocycles. The number of para-hydroxylation sites is 1. The molecule has 1 aromatic rings. The van der Waals surface area contributed by atoms with Crippen molar-refractivity contribution in [2.75, 3.05) is 0 Å². The minimum absolute atomic E-state index is 0.387. The van der Waals surface area contributed by atoms with E-state index in [-0.39, 0.29) is 5.96 Å². The Balaban J connectivity index is 2.29. The molecule has 1 unspecified atom stereocenters.